The summed E-state index contributed by atoms with van der Waals surface area (Å²) in [7, 11) is 0. The normalized spacial score (nSPS) is 24.3. The van der Waals surface area contributed by atoms with Crippen LogP contribution in [0.4, 0.5) is 9.59 Å². The third kappa shape index (κ3) is 10.6. The van der Waals surface area contributed by atoms with E-state index >= 15 is 0 Å². The molecule has 12 heteroatoms. The van der Waals surface area contributed by atoms with Gasteiger partial charge in [-0.1, -0.05) is 67.4 Å². The molecule has 1 saturated carbocycles. The van der Waals surface area contributed by atoms with Crippen LogP contribution in [0.1, 0.15) is 103 Å². The molecule has 0 saturated heterocycles. The van der Waals surface area contributed by atoms with Gasteiger partial charge < -0.3 is 39.3 Å². The Kier molecular flexibility index (Phi) is 15.6. The summed E-state index contributed by atoms with van der Waals surface area (Å²) < 4.78 is 25.8. The first-order valence-corrected chi connectivity index (χ1v) is 20.7. The Hall–Kier alpha value is -4.39. The number of allylic oxidation sites excluding steroid dienone is 1. The molecule has 0 bridgehead atoms. The number of oxime groups is 1. The van der Waals surface area contributed by atoms with Crippen molar-refractivity contribution in [3.63, 3.8) is 0 Å². The zero-order valence-electron chi connectivity index (χ0n) is 34.4. The van der Waals surface area contributed by atoms with Gasteiger partial charge in [0.1, 0.15) is 23.1 Å². The summed E-state index contributed by atoms with van der Waals surface area (Å²) in [4.78, 5) is 35.0. The van der Waals surface area contributed by atoms with Crippen molar-refractivity contribution in [2.75, 3.05) is 33.0 Å². The molecule has 57 heavy (non-hydrogen) atoms. The van der Waals surface area contributed by atoms with Gasteiger partial charge in [0.05, 0.1) is 24.8 Å². The average molecular weight is 790 g/mol. The lowest BCUT2D eigenvalue weighted by Crippen LogP contribution is -2.70. The highest BCUT2D eigenvalue weighted by Crippen LogP contribution is 2.62. The number of nitrogens with one attached hydrogen (secondary N) is 1. The highest BCUT2D eigenvalue weighted by molar-refractivity contribution is 6.03. The Balaban J connectivity index is 1.72. The van der Waals surface area contributed by atoms with Crippen LogP contribution in [0.25, 0.3) is 0 Å². The van der Waals surface area contributed by atoms with Gasteiger partial charge in [-0.3, -0.25) is 4.90 Å². The van der Waals surface area contributed by atoms with E-state index in [0.717, 1.165) is 42.4 Å². The molecule has 3 N–H and O–H groups in total. The van der Waals surface area contributed by atoms with Crippen LogP contribution in [-0.4, -0.2) is 83.4 Å². The minimum Gasteiger partial charge on any atom is -0.459 e. The maximum atomic E-state index is 14.0. The van der Waals surface area contributed by atoms with E-state index in [1.54, 1.807) is 24.0 Å². The van der Waals surface area contributed by atoms with Gasteiger partial charge in [0.15, 0.2) is 0 Å². The number of amides is 2. The lowest BCUT2D eigenvalue weighted by Gasteiger charge is -2.60. The molecule has 0 radical (unpaired) electrons. The van der Waals surface area contributed by atoms with Crippen molar-refractivity contribution in [2.45, 2.75) is 116 Å². The molecule has 2 amide bonds. The maximum Gasteiger partial charge on any atom is 0.412 e. The maximum absolute atomic E-state index is 14.0. The van der Waals surface area contributed by atoms with Crippen molar-refractivity contribution in [3.05, 3.63) is 84.0 Å². The number of aliphatic hydroxyl groups excluding tert-OH is 2. The second-order valence-corrected chi connectivity index (χ2v) is 16.1. The van der Waals surface area contributed by atoms with Crippen molar-refractivity contribution in [1.29, 1.82) is 0 Å². The number of unbranched alkanes of at least 4 members (excludes halogenated alkanes) is 2. The monoisotopic (exact) mass is 789 g/mol. The van der Waals surface area contributed by atoms with Gasteiger partial charge in [-0.25, -0.2) is 9.59 Å². The average Bonchev–Trinajstić information content (AvgIpc) is 3.19. The van der Waals surface area contributed by atoms with Gasteiger partial charge >= 0.3 is 12.2 Å². The van der Waals surface area contributed by atoms with Crippen molar-refractivity contribution in [1.82, 2.24) is 10.2 Å². The molecule has 0 aromatic heterocycles. The van der Waals surface area contributed by atoms with E-state index in [2.05, 4.69) is 18.0 Å². The number of ether oxygens (including phenoxy) is 4. The second kappa shape index (κ2) is 20.3. The lowest BCUT2D eigenvalue weighted by molar-refractivity contribution is -0.255. The molecule has 312 valence electrons. The fraction of sp³-hybridized carbons (Fsp3) is 0.578. The molecule has 1 heterocycles. The Morgan fingerprint density at radius 1 is 1.05 bits per heavy atom. The van der Waals surface area contributed by atoms with Crippen molar-refractivity contribution in [3.8, 4) is 11.5 Å². The standard InChI is InChI=1S/C45H63N3O9/c1-7-23-48(43(52)53-9-3)39-29-37(47-57-44(4,5)6)35-27-32(19-13-15-24-49)34(20-14-16-25-50)40-36-28-33(55-42(51)46-30-31-17-11-10-12-18-31)21-22-38(36)56-45(39,41(35)40)54-26-8-2/h8,10-12,17-18,21-22,27-28,32,34,39-41,49-50H,2,7,9,13-16,19-20,23-26,29-30H2,1,3-6H3,(H,46,51). The summed E-state index contributed by atoms with van der Waals surface area (Å²) >= 11 is 0. The quantitative estimate of drug-likeness (QED) is 0.0727. The van der Waals surface area contributed by atoms with Crippen LogP contribution >= 0.6 is 0 Å². The molecule has 2 aromatic carbocycles. The molecule has 3 aliphatic rings. The van der Waals surface area contributed by atoms with E-state index in [0.29, 0.717) is 49.6 Å². The highest BCUT2D eigenvalue weighted by atomic mass is 16.7. The Labute approximate surface area is 338 Å². The van der Waals surface area contributed by atoms with Gasteiger partial charge in [-0.2, -0.15) is 0 Å². The third-order valence-corrected chi connectivity index (χ3v) is 10.9. The minimum atomic E-state index is -1.40. The number of rotatable bonds is 19. The second-order valence-electron chi connectivity index (χ2n) is 16.1. The molecule has 2 aliphatic carbocycles. The molecule has 6 unspecified atom stereocenters. The summed E-state index contributed by atoms with van der Waals surface area (Å²) in [6, 6.07) is 14.4. The number of carbonyl (C=O) groups excluding carboxylic acids is 2. The number of nitrogens with zero attached hydrogens (tertiary/aromatic N) is 2. The summed E-state index contributed by atoms with van der Waals surface area (Å²) in [6.45, 7) is 14.9. The molecule has 12 nitrogen and oxygen atoms in total. The zero-order valence-corrected chi connectivity index (χ0v) is 34.4. The molecule has 1 fully saturated rings. The Morgan fingerprint density at radius 3 is 2.46 bits per heavy atom. The largest absolute Gasteiger partial charge is 0.459 e. The fourth-order valence-corrected chi connectivity index (χ4v) is 8.64. The van der Waals surface area contributed by atoms with Crippen LogP contribution in [0, 0.1) is 17.8 Å². The predicted molar refractivity (Wildman–Crippen MR) is 219 cm³/mol. The molecule has 1 aliphatic heterocycles. The summed E-state index contributed by atoms with van der Waals surface area (Å²) in [6.07, 6.45) is 8.37. The van der Waals surface area contributed by atoms with Crippen LogP contribution < -0.4 is 14.8 Å². The zero-order chi connectivity index (χ0) is 41.0. The van der Waals surface area contributed by atoms with Crippen LogP contribution in [0.15, 0.2) is 78.0 Å². The van der Waals surface area contributed by atoms with Crippen molar-refractivity contribution in [2.24, 2.45) is 22.9 Å². The number of benzene rings is 2. The number of hydrogen-bond acceptors (Lipinski definition) is 10. The smallest absolute Gasteiger partial charge is 0.412 e. The van der Waals surface area contributed by atoms with Gasteiger partial charge in [-0.05, 0) is 101 Å². The van der Waals surface area contributed by atoms with E-state index in [9.17, 15) is 19.8 Å². The Bertz CT molecular complexity index is 1710. The Morgan fingerprint density at radius 2 is 1.79 bits per heavy atom. The molecule has 2 aromatic rings. The first-order valence-electron chi connectivity index (χ1n) is 20.7. The topological polar surface area (TPSA) is 148 Å². The van der Waals surface area contributed by atoms with E-state index in [-0.39, 0.29) is 50.6 Å². The third-order valence-electron chi connectivity index (χ3n) is 10.9. The van der Waals surface area contributed by atoms with Gasteiger partial charge in [0.25, 0.3) is 0 Å². The van der Waals surface area contributed by atoms with E-state index < -0.39 is 35.5 Å². The first-order chi connectivity index (χ1) is 27.5. The van der Waals surface area contributed by atoms with Crippen LogP contribution in [0.2, 0.25) is 0 Å². The van der Waals surface area contributed by atoms with Gasteiger partial charge in [-0.15, -0.1) is 6.58 Å². The predicted octanol–water partition coefficient (Wildman–Crippen LogP) is 8.28. The van der Waals surface area contributed by atoms with Gasteiger partial charge in [0.2, 0.25) is 5.79 Å². The van der Waals surface area contributed by atoms with Crippen molar-refractivity contribution >= 4 is 17.9 Å². The molecule has 0 spiro atoms. The summed E-state index contributed by atoms with van der Waals surface area (Å²) in [5.74, 6) is -1.15. The molecular weight excluding hydrogens is 727 g/mol. The number of hydrogen-bond donors (Lipinski definition) is 3. The number of aliphatic hydroxyl groups is 2. The van der Waals surface area contributed by atoms with Crippen molar-refractivity contribution < 1.29 is 43.6 Å². The minimum absolute atomic E-state index is 0.0197. The molecular formula is C45H63N3O9. The molecule has 5 rings (SSSR count). The van der Waals surface area contributed by atoms with Crippen LogP contribution in [0.5, 0.6) is 11.5 Å². The van der Waals surface area contributed by atoms with Crippen LogP contribution in [0.3, 0.4) is 0 Å². The lowest BCUT2D eigenvalue weighted by atomic mass is 9.55. The van der Waals surface area contributed by atoms with E-state index in [1.165, 1.54) is 0 Å². The van der Waals surface area contributed by atoms with Gasteiger partial charge in [0, 0.05) is 44.2 Å². The number of fused-ring (bicyclic) bond motifs is 2. The highest BCUT2D eigenvalue weighted by Gasteiger charge is 2.65. The number of carbonyl (C=O) groups is 2. The summed E-state index contributed by atoms with van der Waals surface area (Å²) in [5, 5.41) is 27.4. The fourth-order valence-electron chi connectivity index (χ4n) is 8.64. The first kappa shape index (κ1) is 43.7. The van der Waals surface area contributed by atoms with Crippen LogP contribution in [-0.2, 0) is 20.9 Å². The van der Waals surface area contributed by atoms with E-state index in [4.69, 9.17) is 28.9 Å². The summed E-state index contributed by atoms with van der Waals surface area (Å²) in [5.41, 5.74) is 2.84. The van der Waals surface area contributed by atoms with E-state index in [1.807, 2.05) is 70.2 Å². The SMILES string of the molecule is C=CCOC12Oc3ccc(OC(=O)NCc4ccccc4)cc3C3C(CCCCO)C(CCCCO)C=C(C(=NOC(C)(C)C)CC1N(CCC)C(=O)OCC)C32. The molecule has 6 atom stereocenters.